The third kappa shape index (κ3) is 4.55. The highest BCUT2D eigenvalue weighted by molar-refractivity contribution is 7.92. The fraction of sp³-hybridized carbons (Fsp3) is 0.211. The van der Waals surface area contributed by atoms with Crippen LogP contribution in [0.4, 0.5) is 5.69 Å². The largest absolute Gasteiger partial charge is 0.452 e. The van der Waals surface area contributed by atoms with Crippen LogP contribution in [0.25, 0.3) is 0 Å². The Kier molecular flexibility index (Phi) is 5.46. The van der Waals surface area contributed by atoms with Crippen molar-refractivity contribution in [3.05, 3.63) is 70.9 Å². The number of ether oxygens (including phenoxy) is 1. The van der Waals surface area contributed by atoms with E-state index >= 15 is 0 Å². The van der Waals surface area contributed by atoms with Gasteiger partial charge in [-0.1, -0.05) is 23.4 Å². The maximum absolute atomic E-state index is 12.7. The molecule has 0 amide bonds. The van der Waals surface area contributed by atoms with Crippen LogP contribution in [0.15, 0.2) is 51.9 Å². The van der Waals surface area contributed by atoms with Gasteiger partial charge in [0.25, 0.3) is 15.9 Å². The number of aryl methyl sites for hydroxylation is 3. The predicted molar refractivity (Wildman–Crippen MR) is 101 cm³/mol. The second-order valence-electron chi connectivity index (χ2n) is 6.26. The van der Waals surface area contributed by atoms with Crippen LogP contribution in [-0.2, 0) is 21.4 Å². The lowest BCUT2D eigenvalue weighted by atomic mass is 10.1. The SMILES string of the molecule is Cc1cccc(NS(=O)(=O)c2ccc(C)c(C(=O)OCc3nc(C)no3)c2)c1. The van der Waals surface area contributed by atoms with Crippen molar-refractivity contribution in [1.82, 2.24) is 10.1 Å². The van der Waals surface area contributed by atoms with Gasteiger partial charge in [-0.25, -0.2) is 13.2 Å². The molecule has 0 fully saturated rings. The lowest BCUT2D eigenvalue weighted by Gasteiger charge is -2.11. The number of rotatable bonds is 6. The molecule has 0 aliphatic carbocycles. The van der Waals surface area contributed by atoms with E-state index in [1.54, 1.807) is 38.1 Å². The number of carbonyl (C=O) groups is 1. The Morgan fingerprint density at radius 3 is 2.61 bits per heavy atom. The van der Waals surface area contributed by atoms with Crippen LogP contribution in [0.1, 0.15) is 33.2 Å². The number of benzene rings is 2. The van der Waals surface area contributed by atoms with E-state index in [1.165, 1.54) is 12.1 Å². The summed E-state index contributed by atoms with van der Waals surface area (Å²) in [5.74, 6) is -0.0908. The summed E-state index contributed by atoms with van der Waals surface area (Å²) in [6, 6.07) is 11.3. The molecular weight excluding hydrogens is 382 g/mol. The molecule has 0 atom stereocenters. The zero-order valence-corrected chi connectivity index (χ0v) is 16.4. The summed E-state index contributed by atoms with van der Waals surface area (Å²) < 4.78 is 37.9. The summed E-state index contributed by atoms with van der Waals surface area (Å²) in [6.07, 6.45) is 0. The molecule has 1 N–H and O–H groups in total. The molecule has 0 aliphatic heterocycles. The second kappa shape index (κ2) is 7.81. The van der Waals surface area contributed by atoms with Crippen LogP contribution in [0.3, 0.4) is 0 Å². The van der Waals surface area contributed by atoms with E-state index in [4.69, 9.17) is 9.26 Å². The normalized spacial score (nSPS) is 11.2. The lowest BCUT2D eigenvalue weighted by Crippen LogP contribution is -2.15. The molecule has 3 rings (SSSR count). The molecule has 0 bridgehead atoms. The summed E-state index contributed by atoms with van der Waals surface area (Å²) >= 11 is 0. The number of esters is 1. The Hall–Kier alpha value is -3.20. The van der Waals surface area contributed by atoms with Gasteiger partial charge in [-0.3, -0.25) is 4.72 Å². The van der Waals surface area contributed by atoms with Crippen molar-refractivity contribution in [2.75, 3.05) is 4.72 Å². The fourth-order valence-corrected chi connectivity index (χ4v) is 3.59. The molecule has 0 unspecified atom stereocenters. The summed E-state index contributed by atoms with van der Waals surface area (Å²) in [5.41, 5.74) is 2.09. The summed E-state index contributed by atoms with van der Waals surface area (Å²) in [5, 5.41) is 3.61. The third-order valence-corrected chi connectivity index (χ3v) is 5.28. The molecule has 0 spiro atoms. The monoisotopic (exact) mass is 401 g/mol. The number of aromatic nitrogens is 2. The van der Waals surface area contributed by atoms with Gasteiger partial charge in [-0.15, -0.1) is 0 Å². The minimum atomic E-state index is -3.87. The van der Waals surface area contributed by atoms with Gasteiger partial charge in [0, 0.05) is 5.69 Å². The number of hydrogen-bond acceptors (Lipinski definition) is 7. The van der Waals surface area contributed by atoms with Gasteiger partial charge in [0.2, 0.25) is 0 Å². The van der Waals surface area contributed by atoms with Crippen LogP contribution in [0.5, 0.6) is 0 Å². The quantitative estimate of drug-likeness (QED) is 0.632. The number of nitrogens with zero attached hydrogens (tertiary/aromatic N) is 2. The van der Waals surface area contributed by atoms with Crippen LogP contribution < -0.4 is 4.72 Å². The standard InChI is InChI=1S/C19H19N3O5S/c1-12-5-4-6-15(9-12)22-28(24,25)16-8-7-13(2)17(10-16)19(23)26-11-18-20-14(3)21-27-18/h4-10,22H,11H2,1-3H3. The third-order valence-electron chi connectivity index (χ3n) is 3.91. The summed E-state index contributed by atoms with van der Waals surface area (Å²) in [6.45, 7) is 5.01. The first-order chi connectivity index (χ1) is 13.2. The average Bonchev–Trinajstić information content (AvgIpc) is 3.05. The molecule has 2 aromatic carbocycles. The summed E-state index contributed by atoms with van der Waals surface area (Å²) in [4.78, 5) is 16.3. The molecule has 0 radical (unpaired) electrons. The molecule has 1 heterocycles. The maximum atomic E-state index is 12.7. The van der Waals surface area contributed by atoms with Crippen molar-refractivity contribution >= 4 is 21.7 Å². The van der Waals surface area contributed by atoms with Crippen molar-refractivity contribution in [3.8, 4) is 0 Å². The number of nitrogens with one attached hydrogen (secondary N) is 1. The summed E-state index contributed by atoms with van der Waals surface area (Å²) in [7, 11) is -3.87. The molecule has 3 aromatic rings. The van der Waals surface area contributed by atoms with Gasteiger partial charge in [0.15, 0.2) is 12.4 Å². The van der Waals surface area contributed by atoms with Crippen LogP contribution in [0, 0.1) is 20.8 Å². The Morgan fingerprint density at radius 2 is 1.93 bits per heavy atom. The topological polar surface area (TPSA) is 111 Å². The smallest absolute Gasteiger partial charge is 0.338 e. The van der Waals surface area contributed by atoms with Gasteiger partial charge < -0.3 is 9.26 Å². The van der Waals surface area contributed by atoms with Gasteiger partial charge in [-0.05, 0) is 56.2 Å². The van der Waals surface area contributed by atoms with Crippen molar-refractivity contribution in [2.45, 2.75) is 32.3 Å². The highest BCUT2D eigenvalue weighted by atomic mass is 32.2. The van der Waals surface area contributed by atoms with Gasteiger partial charge >= 0.3 is 5.97 Å². The zero-order chi connectivity index (χ0) is 20.3. The minimum absolute atomic E-state index is 0.0415. The molecule has 8 nitrogen and oxygen atoms in total. The average molecular weight is 401 g/mol. The van der Waals surface area contributed by atoms with Crippen LogP contribution in [-0.4, -0.2) is 24.5 Å². The van der Waals surface area contributed by atoms with Crippen molar-refractivity contribution < 1.29 is 22.5 Å². The molecule has 0 aliphatic rings. The van der Waals surface area contributed by atoms with Crippen LogP contribution in [0.2, 0.25) is 0 Å². The molecule has 28 heavy (non-hydrogen) atoms. The molecule has 1 aromatic heterocycles. The molecule has 0 saturated carbocycles. The Balaban J connectivity index is 1.80. The molecule has 9 heteroatoms. The zero-order valence-electron chi connectivity index (χ0n) is 15.6. The number of sulfonamides is 1. The molecule has 0 saturated heterocycles. The lowest BCUT2D eigenvalue weighted by molar-refractivity contribution is 0.0428. The Morgan fingerprint density at radius 1 is 1.14 bits per heavy atom. The molecular formula is C19H19N3O5S. The van der Waals surface area contributed by atoms with Crippen molar-refractivity contribution in [1.29, 1.82) is 0 Å². The Bertz CT molecular complexity index is 1120. The second-order valence-corrected chi connectivity index (χ2v) is 7.95. The minimum Gasteiger partial charge on any atom is -0.452 e. The highest BCUT2D eigenvalue weighted by Gasteiger charge is 2.20. The molecule has 146 valence electrons. The number of hydrogen-bond donors (Lipinski definition) is 1. The first kappa shape index (κ1) is 19.6. The Labute approximate surface area is 162 Å². The van der Waals surface area contributed by atoms with E-state index in [-0.39, 0.29) is 23.0 Å². The van der Waals surface area contributed by atoms with E-state index < -0.39 is 16.0 Å². The van der Waals surface area contributed by atoms with E-state index in [1.807, 2.05) is 13.0 Å². The van der Waals surface area contributed by atoms with Crippen molar-refractivity contribution in [2.24, 2.45) is 0 Å². The first-order valence-corrected chi connectivity index (χ1v) is 9.89. The van der Waals surface area contributed by atoms with Crippen molar-refractivity contribution in [3.63, 3.8) is 0 Å². The van der Waals surface area contributed by atoms with Gasteiger partial charge in [0.05, 0.1) is 10.5 Å². The fourth-order valence-electron chi connectivity index (χ4n) is 2.51. The van der Waals surface area contributed by atoms with E-state index in [9.17, 15) is 13.2 Å². The highest BCUT2D eigenvalue weighted by Crippen LogP contribution is 2.21. The number of anilines is 1. The van der Waals surface area contributed by atoms with Gasteiger partial charge in [-0.2, -0.15) is 4.98 Å². The first-order valence-electron chi connectivity index (χ1n) is 8.41. The van der Waals surface area contributed by atoms with Gasteiger partial charge in [0.1, 0.15) is 0 Å². The van der Waals surface area contributed by atoms with E-state index in [2.05, 4.69) is 14.9 Å². The van der Waals surface area contributed by atoms with E-state index in [0.717, 1.165) is 5.56 Å². The predicted octanol–water partition coefficient (Wildman–Crippen LogP) is 3.15. The van der Waals surface area contributed by atoms with Crippen LogP contribution >= 0.6 is 0 Å². The van der Waals surface area contributed by atoms with E-state index in [0.29, 0.717) is 17.1 Å². The number of carbonyl (C=O) groups excluding carboxylic acids is 1. The maximum Gasteiger partial charge on any atom is 0.338 e.